The van der Waals surface area contributed by atoms with Gasteiger partial charge in [-0.3, -0.25) is 14.6 Å². The molecule has 0 aliphatic heterocycles. The van der Waals surface area contributed by atoms with Gasteiger partial charge in [-0.25, -0.2) is 0 Å². The molecule has 0 fully saturated rings. The summed E-state index contributed by atoms with van der Waals surface area (Å²) in [6.07, 6.45) is 2.97. The zero-order valence-corrected chi connectivity index (χ0v) is 11.3. The van der Waals surface area contributed by atoms with Crippen molar-refractivity contribution in [3.8, 4) is 0 Å². The number of hydrogen-bond donors (Lipinski definition) is 0. The molecule has 0 saturated carbocycles. The van der Waals surface area contributed by atoms with Crippen molar-refractivity contribution in [3.05, 3.63) is 29.6 Å². The zero-order chi connectivity index (χ0) is 13.7. The Balaban J connectivity index is 2.86. The number of nitrogens with zero attached hydrogens (tertiary/aromatic N) is 3. The monoisotopic (exact) mass is 249 g/mol. The molecule has 1 heterocycles. The number of hydrogen-bond acceptors (Lipinski definition) is 4. The largest absolute Gasteiger partial charge is 0.340 e. The molecule has 5 nitrogen and oxygen atoms in total. The lowest BCUT2D eigenvalue weighted by molar-refractivity contribution is 0.0780. The van der Waals surface area contributed by atoms with E-state index < -0.39 is 0 Å². The molecule has 0 aromatic carbocycles. The smallest absolute Gasteiger partial charge is 0.255 e. The highest BCUT2D eigenvalue weighted by Crippen LogP contribution is 2.10. The van der Waals surface area contributed by atoms with Crippen LogP contribution in [0.3, 0.4) is 0 Å². The Kier molecular flexibility index (Phi) is 4.97. The fourth-order valence-electron chi connectivity index (χ4n) is 1.53. The van der Waals surface area contributed by atoms with Crippen molar-refractivity contribution < 1.29 is 9.59 Å². The van der Waals surface area contributed by atoms with Crippen LogP contribution in [0, 0.1) is 0 Å². The molecule has 1 aromatic rings. The number of likely N-dealkylation sites (N-methyl/N-ethyl adjacent to an activating group) is 2. The summed E-state index contributed by atoms with van der Waals surface area (Å²) >= 11 is 0. The molecular formula is C13H19N3O2. The SMILES string of the molecule is CC(=O)c1ccncc1C(=O)N(C)CCN(C)C. The maximum absolute atomic E-state index is 12.2. The maximum atomic E-state index is 12.2. The van der Waals surface area contributed by atoms with Gasteiger partial charge in [-0.15, -0.1) is 0 Å². The summed E-state index contributed by atoms with van der Waals surface area (Å²) < 4.78 is 0. The highest BCUT2D eigenvalue weighted by atomic mass is 16.2. The van der Waals surface area contributed by atoms with Crippen LogP contribution in [0.2, 0.25) is 0 Å². The Bertz CT molecular complexity index is 444. The molecule has 0 aliphatic rings. The van der Waals surface area contributed by atoms with Crippen LogP contribution in [0.1, 0.15) is 27.6 Å². The van der Waals surface area contributed by atoms with Gasteiger partial charge in [-0.2, -0.15) is 0 Å². The molecule has 1 rings (SSSR count). The molecule has 0 N–H and O–H groups in total. The van der Waals surface area contributed by atoms with Gasteiger partial charge >= 0.3 is 0 Å². The van der Waals surface area contributed by atoms with E-state index in [9.17, 15) is 9.59 Å². The van der Waals surface area contributed by atoms with E-state index in [4.69, 9.17) is 0 Å². The first kappa shape index (κ1) is 14.3. The lowest BCUT2D eigenvalue weighted by Crippen LogP contribution is -2.34. The third-order valence-electron chi connectivity index (χ3n) is 2.66. The summed E-state index contributed by atoms with van der Waals surface area (Å²) in [4.78, 5) is 31.2. The Labute approximate surface area is 107 Å². The van der Waals surface area contributed by atoms with Crippen LogP contribution < -0.4 is 0 Å². The molecule has 0 aliphatic carbocycles. The number of pyridine rings is 1. The number of Topliss-reactive ketones (excluding diaryl/α,β-unsaturated/α-hetero) is 1. The highest BCUT2D eigenvalue weighted by Gasteiger charge is 2.17. The van der Waals surface area contributed by atoms with Gasteiger partial charge in [0, 0.05) is 38.1 Å². The summed E-state index contributed by atoms with van der Waals surface area (Å²) in [6.45, 7) is 2.84. The molecule has 5 heteroatoms. The van der Waals surface area contributed by atoms with Crippen LogP contribution in [0.4, 0.5) is 0 Å². The average Bonchev–Trinajstić information content (AvgIpc) is 2.34. The minimum Gasteiger partial charge on any atom is -0.340 e. The molecule has 0 bridgehead atoms. The minimum absolute atomic E-state index is 0.123. The van der Waals surface area contributed by atoms with Gasteiger partial charge in [0.1, 0.15) is 0 Å². The quantitative estimate of drug-likeness (QED) is 0.728. The first-order chi connectivity index (χ1) is 8.43. The van der Waals surface area contributed by atoms with E-state index in [2.05, 4.69) is 4.98 Å². The number of rotatable bonds is 5. The van der Waals surface area contributed by atoms with Crippen LogP contribution in [0.15, 0.2) is 18.5 Å². The fourth-order valence-corrected chi connectivity index (χ4v) is 1.53. The molecule has 0 saturated heterocycles. The van der Waals surface area contributed by atoms with Gasteiger partial charge in [0.2, 0.25) is 0 Å². The van der Waals surface area contributed by atoms with Gasteiger partial charge < -0.3 is 9.80 Å². The van der Waals surface area contributed by atoms with Crippen molar-refractivity contribution in [1.82, 2.24) is 14.8 Å². The number of amides is 1. The summed E-state index contributed by atoms with van der Waals surface area (Å²) in [6, 6.07) is 1.58. The van der Waals surface area contributed by atoms with Crippen molar-refractivity contribution in [1.29, 1.82) is 0 Å². The number of ketones is 1. The Hall–Kier alpha value is -1.75. The van der Waals surface area contributed by atoms with Crippen LogP contribution in [0.5, 0.6) is 0 Å². The average molecular weight is 249 g/mol. The van der Waals surface area contributed by atoms with Gasteiger partial charge in [0.05, 0.1) is 5.56 Å². The van der Waals surface area contributed by atoms with E-state index in [0.29, 0.717) is 17.7 Å². The van der Waals surface area contributed by atoms with Crippen molar-refractivity contribution in [3.63, 3.8) is 0 Å². The molecule has 0 spiro atoms. The predicted octanol–water partition coefficient (Wildman–Crippen LogP) is 0.918. The third kappa shape index (κ3) is 3.63. The standard InChI is InChI=1S/C13H19N3O2/c1-10(17)11-5-6-14-9-12(11)13(18)16(4)8-7-15(2)3/h5-6,9H,7-8H2,1-4H3. The number of aromatic nitrogens is 1. The summed E-state index contributed by atoms with van der Waals surface area (Å²) in [7, 11) is 5.62. The highest BCUT2D eigenvalue weighted by molar-refractivity contribution is 6.06. The lowest BCUT2D eigenvalue weighted by atomic mass is 10.1. The number of carbonyl (C=O) groups is 2. The molecular weight excluding hydrogens is 230 g/mol. The molecule has 0 unspecified atom stereocenters. The minimum atomic E-state index is -0.171. The van der Waals surface area contributed by atoms with E-state index in [1.165, 1.54) is 19.3 Å². The molecule has 1 aromatic heterocycles. The van der Waals surface area contributed by atoms with Crippen LogP contribution in [-0.4, -0.2) is 60.7 Å². The maximum Gasteiger partial charge on any atom is 0.255 e. The van der Waals surface area contributed by atoms with E-state index in [0.717, 1.165) is 6.54 Å². The molecule has 0 atom stereocenters. The van der Waals surface area contributed by atoms with Gasteiger partial charge in [0.25, 0.3) is 5.91 Å². The predicted molar refractivity (Wildman–Crippen MR) is 69.8 cm³/mol. The van der Waals surface area contributed by atoms with E-state index >= 15 is 0 Å². The van der Waals surface area contributed by atoms with Crippen LogP contribution in [0.25, 0.3) is 0 Å². The van der Waals surface area contributed by atoms with E-state index in [1.54, 1.807) is 18.0 Å². The van der Waals surface area contributed by atoms with Crippen molar-refractivity contribution in [2.24, 2.45) is 0 Å². The van der Waals surface area contributed by atoms with E-state index in [1.807, 2.05) is 19.0 Å². The molecule has 18 heavy (non-hydrogen) atoms. The van der Waals surface area contributed by atoms with Crippen molar-refractivity contribution in [2.75, 3.05) is 34.2 Å². The Morgan fingerprint density at radius 1 is 1.17 bits per heavy atom. The summed E-state index contributed by atoms with van der Waals surface area (Å²) in [5.41, 5.74) is 0.790. The second kappa shape index (κ2) is 6.26. The Morgan fingerprint density at radius 3 is 2.39 bits per heavy atom. The van der Waals surface area contributed by atoms with Crippen LogP contribution in [-0.2, 0) is 0 Å². The summed E-state index contributed by atoms with van der Waals surface area (Å²) in [5.74, 6) is -0.295. The molecule has 98 valence electrons. The van der Waals surface area contributed by atoms with Crippen molar-refractivity contribution in [2.45, 2.75) is 6.92 Å². The third-order valence-corrected chi connectivity index (χ3v) is 2.66. The van der Waals surface area contributed by atoms with Crippen LogP contribution >= 0.6 is 0 Å². The molecule has 1 amide bonds. The second-order valence-electron chi connectivity index (χ2n) is 4.51. The first-order valence-corrected chi connectivity index (χ1v) is 5.78. The summed E-state index contributed by atoms with van der Waals surface area (Å²) in [5, 5.41) is 0. The van der Waals surface area contributed by atoms with E-state index in [-0.39, 0.29) is 11.7 Å². The topological polar surface area (TPSA) is 53.5 Å². The van der Waals surface area contributed by atoms with Crippen molar-refractivity contribution >= 4 is 11.7 Å². The Morgan fingerprint density at radius 2 is 1.83 bits per heavy atom. The van der Waals surface area contributed by atoms with Gasteiger partial charge in [-0.05, 0) is 27.1 Å². The number of carbonyl (C=O) groups excluding carboxylic acids is 2. The van der Waals surface area contributed by atoms with Gasteiger partial charge in [0.15, 0.2) is 5.78 Å². The first-order valence-electron chi connectivity index (χ1n) is 5.78. The van der Waals surface area contributed by atoms with Gasteiger partial charge in [-0.1, -0.05) is 0 Å². The fraction of sp³-hybridized carbons (Fsp3) is 0.462. The lowest BCUT2D eigenvalue weighted by Gasteiger charge is -2.20. The normalized spacial score (nSPS) is 10.5. The molecule has 0 radical (unpaired) electrons. The second-order valence-corrected chi connectivity index (χ2v) is 4.51. The zero-order valence-electron chi connectivity index (χ0n) is 11.3.